The Balaban J connectivity index is 1.78. The Kier molecular flexibility index (Phi) is 4.63. The zero-order valence-electron chi connectivity index (χ0n) is 17.3. The van der Waals surface area contributed by atoms with Crippen molar-refractivity contribution in [2.24, 2.45) is 0 Å². The van der Waals surface area contributed by atoms with E-state index in [0.717, 1.165) is 18.9 Å². The number of pyridine rings is 1. The maximum absolute atomic E-state index is 14.8. The first-order chi connectivity index (χ1) is 14.0. The van der Waals surface area contributed by atoms with Crippen LogP contribution in [-0.2, 0) is 11.5 Å². The van der Waals surface area contributed by atoms with Crippen molar-refractivity contribution in [3.05, 3.63) is 63.6 Å². The van der Waals surface area contributed by atoms with E-state index in [4.69, 9.17) is 0 Å². The number of hydrogen-bond donors (Lipinski definition) is 1. The van der Waals surface area contributed by atoms with Gasteiger partial charge in [-0.15, -0.1) is 0 Å². The zero-order valence-corrected chi connectivity index (χ0v) is 17.3. The quantitative estimate of drug-likeness (QED) is 0.634. The molecule has 0 amide bonds. The molecule has 2 aromatic heterocycles. The zero-order chi connectivity index (χ0) is 21.8. The van der Waals surface area contributed by atoms with Gasteiger partial charge in [-0.3, -0.25) is 4.79 Å². The van der Waals surface area contributed by atoms with Crippen LogP contribution in [0.15, 0.2) is 35.3 Å². The summed E-state index contributed by atoms with van der Waals surface area (Å²) in [5.41, 5.74) is -0.402. The predicted octanol–water partition coefficient (Wildman–Crippen LogP) is 5.03. The van der Waals surface area contributed by atoms with Gasteiger partial charge in [0.05, 0.1) is 22.5 Å². The van der Waals surface area contributed by atoms with Crippen LogP contribution in [0.4, 0.5) is 19.0 Å². The third-order valence-corrected chi connectivity index (χ3v) is 5.72. The van der Waals surface area contributed by atoms with E-state index in [9.17, 15) is 18.0 Å². The lowest BCUT2D eigenvalue weighted by Crippen LogP contribution is -2.27. The molecular formula is C22H23F3N4O. The van der Waals surface area contributed by atoms with Gasteiger partial charge in [0, 0.05) is 30.3 Å². The highest BCUT2D eigenvalue weighted by Crippen LogP contribution is 2.42. The number of rotatable bonds is 5. The molecule has 1 fully saturated rings. The maximum atomic E-state index is 14.8. The fraction of sp³-hybridized carbons (Fsp3) is 0.409. The number of aromatic nitrogens is 3. The molecule has 1 saturated carbocycles. The van der Waals surface area contributed by atoms with Crippen molar-refractivity contribution in [1.82, 2.24) is 14.5 Å². The lowest BCUT2D eigenvalue weighted by Gasteiger charge is -2.21. The van der Waals surface area contributed by atoms with Crippen LogP contribution in [0.25, 0.3) is 10.9 Å². The van der Waals surface area contributed by atoms with Crippen molar-refractivity contribution in [1.29, 1.82) is 0 Å². The second-order valence-corrected chi connectivity index (χ2v) is 8.36. The van der Waals surface area contributed by atoms with E-state index >= 15 is 0 Å². The molecule has 1 atom stereocenters. The molecule has 0 bridgehead atoms. The fourth-order valence-corrected chi connectivity index (χ4v) is 3.68. The molecule has 3 aromatic rings. The molecule has 0 saturated heterocycles. The molecule has 0 spiro atoms. The van der Waals surface area contributed by atoms with E-state index in [1.807, 2.05) is 6.92 Å². The molecule has 1 N–H and O–H groups in total. The van der Waals surface area contributed by atoms with Crippen LogP contribution in [0.3, 0.4) is 0 Å². The van der Waals surface area contributed by atoms with Crippen LogP contribution in [0.2, 0.25) is 0 Å². The molecular weight excluding hydrogens is 393 g/mol. The summed E-state index contributed by atoms with van der Waals surface area (Å²) in [6, 6.07) is 4.81. The summed E-state index contributed by atoms with van der Waals surface area (Å²) in [6.45, 7) is 6.06. The van der Waals surface area contributed by atoms with Gasteiger partial charge in [0.15, 0.2) is 0 Å². The molecule has 1 aliphatic rings. The minimum Gasteiger partial charge on any atom is -0.363 e. The topological polar surface area (TPSA) is 59.8 Å². The van der Waals surface area contributed by atoms with Crippen LogP contribution >= 0.6 is 0 Å². The number of anilines is 1. The van der Waals surface area contributed by atoms with Crippen molar-refractivity contribution >= 4 is 16.7 Å². The first-order valence-electron chi connectivity index (χ1n) is 9.84. The van der Waals surface area contributed by atoms with Gasteiger partial charge in [0.1, 0.15) is 17.5 Å². The minimum absolute atomic E-state index is 0.112. The summed E-state index contributed by atoms with van der Waals surface area (Å²) in [5, 5.41) is 3.75. The summed E-state index contributed by atoms with van der Waals surface area (Å²) in [5.74, 6) is -3.35. The van der Waals surface area contributed by atoms with E-state index in [1.165, 1.54) is 18.2 Å². The Morgan fingerprint density at radius 3 is 2.60 bits per heavy atom. The Bertz CT molecular complexity index is 1200. The molecule has 0 radical (unpaired) electrons. The summed E-state index contributed by atoms with van der Waals surface area (Å²) in [7, 11) is 0. The van der Waals surface area contributed by atoms with E-state index in [-0.39, 0.29) is 16.7 Å². The molecule has 1 aromatic carbocycles. The van der Waals surface area contributed by atoms with Gasteiger partial charge in [-0.1, -0.05) is 18.2 Å². The SMILES string of the molecule is Cc1nc(NC(C)c2cccc(C(C)(F)F)c2F)c2cn(C3(C)CC3)c(=O)cc2n1. The molecule has 0 aliphatic heterocycles. The van der Waals surface area contributed by atoms with E-state index in [2.05, 4.69) is 15.3 Å². The number of aryl methyl sites for hydroxylation is 1. The second kappa shape index (κ2) is 6.82. The van der Waals surface area contributed by atoms with Crippen LogP contribution in [-0.4, -0.2) is 14.5 Å². The third-order valence-electron chi connectivity index (χ3n) is 5.72. The Labute approximate surface area is 172 Å². The van der Waals surface area contributed by atoms with Crippen molar-refractivity contribution in [3.63, 3.8) is 0 Å². The Hall–Kier alpha value is -2.90. The number of benzene rings is 1. The average molecular weight is 416 g/mol. The van der Waals surface area contributed by atoms with Gasteiger partial charge in [-0.25, -0.2) is 23.1 Å². The average Bonchev–Trinajstić information content (AvgIpc) is 3.38. The van der Waals surface area contributed by atoms with Gasteiger partial charge in [0.2, 0.25) is 0 Å². The van der Waals surface area contributed by atoms with Crippen molar-refractivity contribution < 1.29 is 13.2 Å². The van der Waals surface area contributed by atoms with Gasteiger partial charge in [-0.05, 0) is 33.6 Å². The number of fused-ring (bicyclic) bond motifs is 1. The first-order valence-corrected chi connectivity index (χ1v) is 9.84. The lowest BCUT2D eigenvalue weighted by atomic mass is 10.0. The summed E-state index contributed by atoms with van der Waals surface area (Å²) in [6.07, 6.45) is 3.55. The molecule has 4 rings (SSSR count). The number of halogens is 3. The first kappa shape index (κ1) is 20.4. The smallest absolute Gasteiger partial charge is 0.273 e. The Morgan fingerprint density at radius 2 is 1.97 bits per heavy atom. The van der Waals surface area contributed by atoms with Crippen molar-refractivity contribution in [2.75, 3.05) is 5.32 Å². The van der Waals surface area contributed by atoms with Crippen LogP contribution in [0.5, 0.6) is 0 Å². The molecule has 30 heavy (non-hydrogen) atoms. The summed E-state index contributed by atoms with van der Waals surface area (Å²) >= 11 is 0. The van der Waals surface area contributed by atoms with E-state index in [0.29, 0.717) is 29.5 Å². The third kappa shape index (κ3) is 3.55. The molecule has 1 unspecified atom stereocenters. The van der Waals surface area contributed by atoms with Crippen molar-refractivity contribution in [3.8, 4) is 0 Å². The minimum atomic E-state index is -3.28. The van der Waals surface area contributed by atoms with Crippen LogP contribution in [0.1, 0.15) is 56.6 Å². The maximum Gasteiger partial charge on any atom is 0.273 e. The van der Waals surface area contributed by atoms with Crippen LogP contribution in [0, 0.1) is 12.7 Å². The summed E-state index contributed by atoms with van der Waals surface area (Å²) in [4.78, 5) is 21.3. The van der Waals surface area contributed by atoms with Gasteiger partial charge < -0.3 is 9.88 Å². The lowest BCUT2D eigenvalue weighted by molar-refractivity contribution is 0.0136. The van der Waals surface area contributed by atoms with Crippen LogP contribution < -0.4 is 10.9 Å². The predicted molar refractivity (Wildman–Crippen MR) is 109 cm³/mol. The fourth-order valence-electron chi connectivity index (χ4n) is 3.68. The number of hydrogen-bond acceptors (Lipinski definition) is 4. The monoisotopic (exact) mass is 416 g/mol. The largest absolute Gasteiger partial charge is 0.363 e. The standard InChI is InChI=1S/C22H23F3N4O/c1-12(14-6-5-7-16(19(14)23)22(4,24)25)26-20-15-11-29(21(3)8-9-21)18(30)10-17(15)27-13(2)28-20/h5-7,10-12H,8-9H2,1-4H3,(H,26,27,28). The number of alkyl halides is 2. The molecule has 1 aliphatic carbocycles. The number of nitrogens with one attached hydrogen (secondary N) is 1. The highest BCUT2D eigenvalue weighted by Gasteiger charge is 2.40. The highest BCUT2D eigenvalue weighted by molar-refractivity contribution is 5.88. The second-order valence-electron chi connectivity index (χ2n) is 8.36. The van der Waals surface area contributed by atoms with E-state index < -0.39 is 23.3 Å². The van der Waals surface area contributed by atoms with Gasteiger partial charge in [0.25, 0.3) is 11.5 Å². The van der Waals surface area contributed by atoms with E-state index in [1.54, 1.807) is 24.6 Å². The Morgan fingerprint density at radius 1 is 1.27 bits per heavy atom. The van der Waals surface area contributed by atoms with Gasteiger partial charge >= 0.3 is 0 Å². The molecule has 8 heteroatoms. The van der Waals surface area contributed by atoms with Gasteiger partial charge in [-0.2, -0.15) is 0 Å². The normalized spacial score (nSPS) is 16.5. The highest BCUT2D eigenvalue weighted by atomic mass is 19.3. The number of nitrogens with zero attached hydrogens (tertiary/aromatic N) is 3. The molecule has 5 nitrogen and oxygen atoms in total. The van der Waals surface area contributed by atoms with Crippen molar-refractivity contribution in [2.45, 2.75) is 58.0 Å². The molecule has 158 valence electrons. The molecule has 2 heterocycles. The summed E-state index contributed by atoms with van der Waals surface area (Å²) < 4.78 is 43.9.